The van der Waals surface area contributed by atoms with Crippen molar-refractivity contribution in [3.8, 4) is 0 Å². The smallest absolute Gasteiger partial charge is 0.233 e. The summed E-state index contributed by atoms with van der Waals surface area (Å²) < 4.78 is 10.3. The van der Waals surface area contributed by atoms with Crippen LogP contribution < -0.4 is 10.6 Å². The average Bonchev–Trinajstić information content (AvgIpc) is 2.33. The van der Waals surface area contributed by atoms with Gasteiger partial charge in [0, 0.05) is 26.9 Å². The highest BCUT2D eigenvalue weighted by atomic mass is 16.5. The van der Waals surface area contributed by atoms with Gasteiger partial charge in [-0.3, -0.25) is 4.79 Å². The van der Waals surface area contributed by atoms with Gasteiger partial charge in [0.25, 0.3) is 0 Å². The van der Waals surface area contributed by atoms with Crippen LogP contribution in [0.15, 0.2) is 0 Å². The summed E-state index contributed by atoms with van der Waals surface area (Å²) >= 11 is 0. The van der Waals surface area contributed by atoms with Gasteiger partial charge in [-0.15, -0.1) is 0 Å². The van der Waals surface area contributed by atoms with Gasteiger partial charge >= 0.3 is 0 Å². The van der Waals surface area contributed by atoms with Crippen LogP contribution in [-0.2, 0) is 14.3 Å². The molecule has 0 radical (unpaired) electrons. The van der Waals surface area contributed by atoms with Crippen molar-refractivity contribution in [1.82, 2.24) is 10.6 Å². The number of nitrogens with one attached hydrogen (secondary N) is 2. The molecule has 5 heteroatoms. The molecule has 0 fully saturated rings. The Bertz CT molecular complexity index is 199. The highest BCUT2D eigenvalue weighted by molar-refractivity contribution is 5.77. The Morgan fingerprint density at radius 3 is 2.56 bits per heavy atom. The first kappa shape index (κ1) is 17.4. The molecular formula is C13H28N2O3. The Labute approximate surface area is 111 Å². The fourth-order valence-corrected chi connectivity index (χ4v) is 1.38. The molecule has 0 unspecified atom stereocenters. The molecule has 0 spiro atoms. The standard InChI is InChI=1S/C13H28N2O3/c1-12(2)18-10-5-4-7-14-11-13(16)15-8-6-9-17-3/h12,14H,4-11H2,1-3H3,(H,15,16). The first-order valence-electron chi connectivity index (χ1n) is 6.74. The summed E-state index contributed by atoms with van der Waals surface area (Å²) in [5.74, 6) is 0.0459. The Morgan fingerprint density at radius 1 is 1.11 bits per heavy atom. The third-order valence-electron chi connectivity index (χ3n) is 2.33. The van der Waals surface area contributed by atoms with Gasteiger partial charge in [-0.1, -0.05) is 0 Å². The second kappa shape index (κ2) is 12.8. The normalized spacial score (nSPS) is 10.9. The number of carbonyl (C=O) groups is 1. The van der Waals surface area contributed by atoms with E-state index in [-0.39, 0.29) is 5.91 Å². The highest BCUT2D eigenvalue weighted by Crippen LogP contribution is 1.93. The summed E-state index contributed by atoms with van der Waals surface area (Å²) in [5.41, 5.74) is 0. The maximum Gasteiger partial charge on any atom is 0.233 e. The van der Waals surface area contributed by atoms with Gasteiger partial charge in [0.15, 0.2) is 0 Å². The molecule has 0 heterocycles. The van der Waals surface area contributed by atoms with Gasteiger partial charge in [-0.2, -0.15) is 0 Å². The number of rotatable bonds is 12. The average molecular weight is 260 g/mol. The predicted octanol–water partition coefficient (Wildman–Crippen LogP) is 0.934. The fraction of sp³-hybridized carbons (Fsp3) is 0.923. The van der Waals surface area contributed by atoms with E-state index in [0.29, 0.717) is 25.8 Å². The number of unbranched alkanes of at least 4 members (excludes halogenated alkanes) is 1. The third kappa shape index (κ3) is 13.4. The number of carbonyl (C=O) groups excluding carboxylic acids is 1. The monoisotopic (exact) mass is 260 g/mol. The fourth-order valence-electron chi connectivity index (χ4n) is 1.38. The quantitative estimate of drug-likeness (QED) is 0.513. The van der Waals surface area contributed by atoms with Gasteiger partial charge in [0.2, 0.25) is 5.91 Å². The lowest BCUT2D eigenvalue weighted by Crippen LogP contribution is -2.35. The Morgan fingerprint density at radius 2 is 1.89 bits per heavy atom. The number of amides is 1. The molecule has 0 aromatic heterocycles. The van der Waals surface area contributed by atoms with Crippen molar-refractivity contribution in [1.29, 1.82) is 0 Å². The van der Waals surface area contributed by atoms with E-state index in [0.717, 1.165) is 32.4 Å². The second-order valence-corrected chi connectivity index (χ2v) is 4.50. The van der Waals surface area contributed by atoms with Crippen LogP contribution in [0, 0.1) is 0 Å². The molecule has 108 valence electrons. The topological polar surface area (TPSA) is 59.6 Å². The van der Waals surface area contributed by atoms with E-state index in [1.54, 1.807) is 7.11 Å². The molecule has 0 aromatic carbocycles. The summed E-state index contributed by atoms with van der Waals surface area (Å²) in [7, 11) is 1.66. The molecule has 0 rings (SSSR count). The number of methoxy groups -OCH3 is 1. The van der Waals surface area contributed by atoms with E-state index in [1.807, 2.05) is 13.8 Å². The number of hydrogen-bond donors (Lipinski definition) is 2. The van der Waals surface area contributed by atoms with Gasteiger partial charge in [-0.25, -0.2) is 0 Å². The maximum atomic E-state index is 11.3. The van der Waals surface area contributed by atoms with Gasteiger partial charge in [0.1, 0.15) is 0 Å². The summed E-state index contributed by atoms with van der Waals surface area (Å²) in [6.45, 7) is 7.46. The second-order valence-electron chi connectivity index (χ2n) is 4.50. The van der Waals surface area contributed by atoms with E-state index in [1.165, 1.54) is 0 Å². The van der Waals surface area contributed by atoms with Crippen molar-refractivity contribution < 1.29 is 14.3 Å². The van der Waals surface area contributed by atoms with Crippen LogP contribution in [-0.4, -0.2) is 52.0 Å². The lowest BCUT2D eigenvalue weighted by molar-refractivity contribution is -0.120. The molecule has 1 amide bonds. The van der Waals surface area contributed by atoms with Crippen LogP contribution in [0.4, 0.5) is 0 Å². The Balaban J connectivity index is 3.15. The maximum absolute atomic E-state index is 11.3. The van der Waals surface area contributed by atoms with Crippen molar-refractivity contribution in [2.24, 2.45) is 0 Å². The van der Waals surface area contributed by atoms with Gasteiger partial charge in [-0.05, 0) is 39.7 Å². The first-order chi connectivity index (χ1) is 8.66. The van der Waals surface area contributed by atoms with E-state index < -0.39 is 0 Å². The molecule has 5 nitrogen and oxygen atoms in total. The summed E-state index contributed by atoms with van der Waals surface area (Å²) in [4.78, 5) is 11.3. The highest BCUT2D eigenvalue weighted by Gasteiger charge is 1.99. The molecule has 0 saturated carbocycles. The van der Waals surface area contributed by atoms with E-state index in [9.17, 15) is 4.79 Å². The van der Waals surface area contributed by atoms with Crippen molar-refractivity contribution in [2.75, 3.05) is 40.0 Å². The van der Waals surface area contributed by atoms with E-state index in [2.05, 4.69) is 10.6 Å². The Kier molecular flexibility index (Phi) is 12.3. The summed E-state index contributed by atoms with van der Waals surface area (Å²) in [6, 6.07) is 0. The SMILES string of the molecule is COCCCNC(=O)CNCCCCOC(C)C. The largest absolute Gasteiger partial charge is 0.385 e. The van der Waals surface area contributed by atoms with Crippen molar-refractivity contribution in [2.45, 2.75) is 39.2 Å². The molecule has 0 aromatic rings. The molecule has 18 heavy (non-hydrogen) atoms. The molecular weight excluding hydrogens is 232 g/mol. The molecule has 0 bridgehead atoms. The van der Waals surface area contributed by atoms with E-state index in [4.69, 9.17) is 9.47 Å². The van der Waals surface area contributed by atoms with Crippen molar-refractivity contribution >= 4 is 5.91 Å². The Hall–Kier alpha value is -0.650. The van der Waals surface area contributed by atoms with Crippen LogP contribution in [0.3, 0.4) is 0 Å². The van der Waals surface area contributed by atoms with Crippen molar-refractivity contribution in [3.63, 3.8) is 0 Å². The van der Waals surface area contributed by atoms with Gasteiger partial charge < -0.3 is 20.1 Å². The molecule has 0 atom stereocenters. The molecule has 0 aliphatic rings. The summed E-state index contributed by atoms with van der Waals surface area (Å²) in [6.07, 6.45) is 3.22. The van der Waals surface area contributed by atoms with Crippen LogP contribution in [0.5, 0.6) is 0 Å². The molecule has 0 aliphatic carbocycles. The molecule has 0 saturated heterocycles. The minimum Gasteiger partial charge on any atom is -0.385 e. The van der Waals surface area contributed by atoms with E-state index >= 15 is 0 Å². The molecule has 0 aliphatic heterocycles. The number of hydrogen-bond acceptors (Lipinski definition) is 4. The minimum absolute atomic E-state index is 0.0459. The lowest BCUT2D eigenvalue weighted by atomic mass is 10.3. The first-order valence-corrected chi connectivity index (χ1v) is 6.74. The minimum atomic E-state index is 0.0459. The van der Waals surface area contributed by atoms with Crippen LogP contribution in [0.25, 0.3) is 0 Å². The lowest BCUT2D eigenvalue weighted by Gasteiger charge is -2.08. The van der Waals surface area contributed by atoms with Crippen LogP contribution >= 0.6 is 0 Å². The van der Waals surface area contributed by atoms with Crippen molar-refractivity contribution in [3.05, 3.63) is 0 Å². The zero-order valence-corrected chi connectivity index (χ0v) is 12.0. The number of ether oxygens (including phenoxy) is 2. The summed E-state index contributed by atoms with van der Waals surface area (Å²) in [5, 5.41) is 5.94. The van der Waals surface area contributed by atoms with Crippen LogP contribution in [0.1, 0.15) is 33.1 Å². The zero-order valence-electron chi connectivity index (χ0n) is 12.0. The van der Waals surface area contributed by atoms with Gasteiger partial charge in [0.05, 0.1) is 12.6 Å². The molecule has 2 N–H and O–H groups in total. The third-order valence-corrected chi connectivity index (χ3v) is 2.33. The predicted molar refractivity (Wildman–Crippen MR) is 72.7 cm³/mol. The van der Waals surface area contributed by atoms with Crippen LogP contribution in [0.2, 0.25) is 0 Å². The zero-order chi connectivity index (χ0) is 13.6.